The lowest BCUT2D eigenvalue weighted by atomic mass is 10.2. The number of halogens is 1. The highest BCUT2D eigenvalue weighted by molar-refractivity contribution is 5.90. The number of rotatable bonds is 4. The molecule has 6 nitrogen and oxygen atoms in total. The first-order valence-electron chi connectivity index (χ1n) is 5.01. The molecule has 0 unspecified atom stereocenters. The monoisotopic (exact) mass is 252 g/mol. The van der Waals surface area contributed by atoms with Crippen LogP contribution in [0.5, 0.6) is 5.75 Å². The third kappa shape index (κ3) is 2.45. The molecule has 7 heteroatoms. The van der Waals surface area contributed by atoms with Gasteiger partial charge in [-0.3, -0.25) is 0 Å². The Hall–Kier alpha value is -2.44. The van der Waals surface area contributed by atoms with Crippen LogP contribution in [0, 0.1) is 12.7 Å². The largest absolute Gasteiger partial charge is 0.486 e. The Morgan fingerprint density at radius 2 is 2.28 bits per heavy atom. The van der Waals surface area contributed by atoms with Crippen molar-refractivity contribution in [1.29, 1.82) is 0 Å². The number of benzene rings is 1. The van der Waals surface area contributed by atoms with Gasteiger partial charge in [0, 0.05) is 6.07 Å². The second kappa shape index (κ2) is 4.82. The third-order valence-corrected chi connectivity index (χ3v) is 2.28. The Balaban J connectivity index is 2.20. The molecule has 1 N–H and O–H groups in total. The van der Waals surface area contributed by atoms with E-state index >= 15 is 0 Å². The fourth-order valence-electron chi connectivity index (χ4n) is 1.32. The molecular formula is C11H9FN2O4. The Bertz CT molecular complexity index is 582. The zero-order chi connectivity index (χ0) is 13.1. The summed E-state index contributed by atoms with van der Waals surface area (Å²) in [7, 11) is 0. The number of aryl methyl sites for hydroxylation is 1. The number of carbonyl (C=O) groups is 1. The SMILES string of the molecule is Cc1nonc1COc1cc(F)ccc1C(=O)O. The van der Waals surface area contributed by atoms with E-state index in [0.29, 0.717) is 11.4 Å². The summed E-state index contributed by atoms with van der Waals surface area (Å²) >= 11 is 0. The van der Waals surface area contributed by atoms with Gasteiger partial charge in [-0.15, -0.1) is 0 Å². The molecule has 0 atom stereocenters. The van der Waals surface area contributed by atoms with Crippen LogP contribution in [0.25, 0.3) is 0 Å². The van der Waals surface area contributed by atoms with Gasteiger partial charge >= 0.3 is 5.97 Å². The van der Waals surface area contributed by atoms with Crippen molar-refractivity contribution in [3.05, 3.63) is 41.0 Å². The van der Waals surface area contributed by atoms with Crippen LogP contribution in [0.15, 0.2) is 22.8 Å². The molecule has 2 rings (SSSR count). The van der Waals surface area contributed by atoms with E-state index in [2.05, 4.69) is 14.9 Å². The highest BCUT2D eigenvalue weighted by Gasteiger charge is 2.14. The van der Waals surface area contributed by atoms with Crippen LogP contribution in [-0.4, -0.2) is 21.4 Å². The average molecular weight is 252 g/mol. The number of hydrogen-bond donors (Lipinski definition) is 1. The molecule has 94 valence electrons. The van der Waals surface area contributed by atoms with Crippen molar-refractivity contribution < 1.29 is 23.7 Å². The maximum absolute atomic E-state index is 13.0. The molecule has 0 saturated heterocycles. The minimum atomic E-state index is -1.19. The topological polar surface area (TPSA) is 85.5 Å². The number of aromatic nitrogens is 2. The van der Waals surface area contributed by atoms with E-state index in [1.165, 1.54) is 0 Å². The number of aromatic carboxylic acids is 1. The van der Waals surface area contributed by atoms with Crippen LogP contribution in [0.2, 0.25) is 0 Å². The highest BCUT2D eigenvalue weighted by Crippen LogP contribution is 2.21. The van der Waals surface area contributed by atoms with Crippen LogP contribution in [0.1, 0.15) is 21.7 Å². The standard InChI is InChI=1S/C11H9FN2O4/c1-6-9(14-18-13-6)5-17-10-4-7(12)2-3-8(10)11(15)16/h2-4H,5H2,1H3,(H,15,16). The van der Waals surface area contributed by atoms with Crippen LogP contribution >= 0.6 is 0 Å². The van der Waals surface area contributed by atoms with Gasteiger partial charge < -0.3 is 9.84 Å². The van der Waals surface area contributed by atoms with Crippen molar-refractivity contribution in [2.24, 2.45) is 0 Å². The molecule has 1 aromatic carbocycles. The van der Waals surface area contributed by atoms with Gasteiger partial charge in [-0.05, 0) is 19.1 Å². The second-order valence-electron chi connectivity index (χ2n) is 3.53. The Labute approximate surface area is 101 Å². The van der Waals surface area contributed by atoms with Crippen molar-refractivity contribution in [2.45, 2.75) is 13.5 Å². The lowest BCUT2D eigenvalue weighted by molar-refractivity contribution is 0.0691. The summed E-state index contributed by atoms with van der Waals surface area (Å²) in [6, 6.07) is 3.20. The molecule has 2 aromatic rings. The molecular weight excluding hydrogens is 243 g/mol. The predicted octanol–water partition coefficient (Wildman–Crippen LogP) is 1.79. The maximum atomic E-state index is 13.0. The van der Waals surface area contributed by atoms with Crippen LogP contribution in [0.4, 0.5) is 4.39 Å². The number of carboxylic acid groups (broad SMARTS) is 1. The molecule has 0 saturated carbocycles. The summed E-state index contributed by atoms with van der Waals surface area (Å²) in [4.78, 5) is 10.9. The summed E-state index contributed by atoms with van der Waals surface area (Å²) < 4.78 is 22.7. The van der Waals surface area contributed by atoms with E-state index in [4.69, 9.17) is 9.84 Å². The minimum Gasteiger partial charge on any atom is -0.486 e. The molecule has 0 spiro atoms. The van der Waals surface area contributed by atoms with Crippen molar-refractivity contribution in [3.8, 4) is 5.75 Å². The molecule has 0 aliphatic heterocycles. The first-order valence-corrected chi connectivity index (χ1v) is 5.01. The summed E-state index contributed by atoms with van der Waals surface area (Å²) in [5.74, 6) is -1.84. The molecule has 1 aromatic heterocycles. The van der Waals surface area contributed by atoms with Gasteiger partial charge in [0.2, 0.25) is 0 Å². The fraction of sp³-hybridized carbons (Fsp3) is 0.182. The molecule has 0 amide bonds. The first-order chi connectivity index (χ1) is 8.58. The maximum Gasteiger partial charge on any atom is 0.339 e. The minimum absolute atomic E-state index is 0.0426. The van der Waals surface area contributed by atoms with Crippen LogP contribution < -0.4 is 4.74 Å². The zero-order valence-corrected chi connectivity index (χ0v) is 9.38. The van der Waals surface area contributed by atoms with Gasteiger partial charge in [0.05, 0.1) is 0 Å². The average Bonchev–Trinajstić information content (AvgIpc) is 2.72. The molecule has 1 heterocycles. The molecule has 18 heavy (non-hydrogen) atoms. The van der Waals surface area contributed by atoms with E-state index in [0.717, 1.165) is 18.2 Å². The number of ether oxygens (including phenoxy) is 1. The zero-order valence-electron chi connectivity index (χ0n) is 9.38. The van der Waals surface area contributed by atoms with Crippen molar-refractivity contribution in [3.63, 3.8) is 0 Å². The summed E-state index contributed by atoms with van der Waals surface area (Å²) in [6.45, 7) is 1.62. The number of nitrogens with zero attached hydrogens (tertiary/aromatic N) is 2. The van der Waals surface area contributed by atoms with Crippen molar-refractivity contribution >= 4 is 5.97 Å². The lowest BCUT2D eigenvalue weighted by Gasteiger charge is -2.07. The third-order valence-electron chi connectivity index (χ3n) is 2.28. The van der Waals surface area contributed by atoms with Gasteiger partial charge in [-0.1, -0.05) is 10.3 Å². The van der Waals surface area contributed by atoms with Crippen molar-refractivity contribution in [1.82, 2.24) is 10.3 Å². The van der Waals surface area contributed by atoms with Crippen molar-refractivity contribution in [2.75, 3.05) is 0 Å². The smallest absolute Gasteiger partial charge is 0.339 e. The van der Waals surface area contributed by atoms with E-state index in [1.54, 1.807) is 6.92 Å². The van der Waals surface area contributed by atoms with Crippen LogP contribution in [0.3, 0.4) is 0 Å². The number of carboxylic acids is 1. The number of hydrogen-bond acceptors (Lipinski definition) is 5. The quantitative estimate of drug-likeness (QED) is 0.892. The summed E-state index contributed by atoms with van der Waals surface area (Å²) in [6.07, 6.45) is 0. The van der Waals surface area contributed by atoms with E-state index < -0.39 is 11.8 Å². The Kier molecular flexibility index (Phi) is 3.22. The highest BCUT2D eigenvalue weighted by atomic mass is 19.1. The van der Waals surface area contributed by atoms with Gasteiger partial charge in [0.25, 0.3) is 0 Å². The van der Waals surface area contributed by atoms with Gasteiger partial charge in [-0.25, -0.2) is 13.8 Å². The normalized spacial score (nSPS) is 10.3. The van der Waals surface area contributed by atoms with Gasteiger partial charge in [0.15, 0.2) is 0 Å². The fourth-order valence-corrected chi connectivity index (χ4v) is 1.32. The molecule has 0 bridgehead atoms. The van der Waals surface area contributed by atoms with E-state index in [1.807, 2.05) is 0 Å². The lowest BCUT2D eigenvalue weighted by Crippen LogP contribution is -2.04. The van der Waals surface area contributed by atoms with Gasteiger partial charge in [0.1, 0.15) is 35.1 Å². The predicted molar refractivity (Wildman–Crippen MR) is 56.7 cm³/mol. The molecule has 0 fully saturated rings. The van der Waals surface area contributed by atoms with E-state index in [9.17, 15) is 9.18 Å². The van der Waals surface area contributed by atoms with Gasteiger partial charge in [-0.2, -0.15) is 0 Å². The summed E-state index contributed by atoms with van der Waals surface area (Å²) in [5, 5.41) is 16.0. The second-order valence-corrected chi connectivity index (χ2v) is 3.53. The molecule has 0 aliphatic rings. The molecule has 0 aliphatic carbocycles. The Morgan fingerprint density at radius 1 is 1.50 bits per heavy atom. The molecule has 0 radical (unpaired) electrons. The van der Waals surface area contributed by atoms with E-state index in [-0.39, 0.29) is 17.9 Å². The Morgan fingerprint density at radius 3 is 2.89 bits per heavy atom. The summed E-state index contributed by atoms with van der Waals surface area (Å²) in [5.41, 5.74) is 0.837. The first kappa shape index (κ1) is 12.0. The van der Waals surface area contributed by atoms with Crippen LogP contribution in [-0.2, 0) is 6.61 Å².